The maximum Gasteiger partial charge on any atom is 0.339 e. The monoisotopic (exact) mass is 373 g/mol. The predicted molar refractivity (Wildman–Crippen MR) is 82.8 cm³/mol. The Labute approximate surface area is 132 Å². The molecule has 2 aromatic rings. The van der Waals surface area contributed by atoms with Crippen molar-refractivity contribution < 1.29 is 14.3 Å². The number of carbonyl (C=O) groups is 2. The normalized spacial score (nSPS) is 10.2. The topological polar surface area (TPSA) is 55.4 Å². The van der Waals surface area contributed by atoms with E-state index in [1.165, 1.54) is 30.6 Å². The van der Waals surface area contributed by atoms with Crippen LogP contribution in [-0.4, -0.2) is 19.0 Å². The third-order valence-corrected chi connectivity index (χ3v) is 4.38. The third-order valence-electron chi connectivity index (χ3n) is 2.43. The van der Waals surface area contributed by atoms with Crippen molar-refractivity contribution in [3.63, 3.8) is 0 Å². The van der Waals surface area contributed by atoms with Crippen LogP contribution < -0.4 is 5.32 Å². The quantitative estimate of drug-likeness (QED) is 0.819. The largest absolute Gasteiger partial charge is 0.465 e. The van der Waals surface area contributed by atoms with Crippen molar-refractivity contribution in [2.45, 2.75) is 0 Å². The molecule has 0 saturated heterocycles. The van der Waals surface area contributed by atoms with Gasteiger partial charge in [-0.05, 0) is 46.3 Å². The summed E-state index contributed by atoms with van der Waals surface area (Å²) in [5.41, 5.74) is 0.684. The van der Waals surface area contributed by atoms with Crippen molar-refractivity contribution in [1.82, 2.24) is 0 Å². The molecule has 1 aromatic heterocycles. The van der Waals surface area contributed by atoms with Crippen LogP contribution in [0.25, 0.3) is 0 Å². The van der Waals surface area contributed by atoms with E-state index in [1.807, 2.05) is 0 Å². The molecule has 104 valence electrons. The molecule has 0 spiro atoms. The molecule has 0 aliphatic heterocycles. The Bertz CT molecular complexity index is 671. The second-order valence-electron chi connectivity index (χ2n) is 3.74. The second-order valence-corrected chi connectivity index (χ2v) is 6.61. The smallest absolute Gasteiger partial charge is 0.339 e. The van der Waals surface area contributed by atoms with E-state index in [4.69, 9.17) is 11.6 Å². The van der Waals surface area contributed by atoms with Crippen molar-refractivity contribution >= 4 is 56.4 Å². The highest BCUT2D eigenvalue weighted by Gasteiger charge is 2.14. The van der Waals surface area contributed by atoms with Crippen LogP contribution in [-0.2, 0) is 4.74 Å². The summed E-state index contributed by atoms with van der Waals surface area (Å²) in [7, 11) is 1.27. The molecule has 0 unspecified atom stereocenters. The summed E-state index contributed by atoms with van der Waals surface area (Å²) in [6, 6.07) is 8.14. The zero-order valence-electron chi connectivity index (χ0n) is 10.3. The first-order valence-corrected chi connectivity index (χ1v) is 7.44. The molecule has 2 rings (SSSR count). The molecule has 0 aliphatic carbocycles. The molecule has 20 heavy (non-hydrogen) atoms. The Morgan fingerprint density at radius 3 is 2.65 bits per heavy atom. The van der Waals surface area contributed by atoms with Gasteiger partial charge in [-0.2, -0.15) is 0 Å². The summed E-state index contributed by atoms with van der Waals surface area (Å²) in [6.45, 7) is 0. The number of nitrogens with one attached hydrogen (secondary N) is 1. The number of carbonyl (C=O) groups excluding carboxylic acids is 2. The number of esters is 1. The van der Waals surface area contributed by atoms with Gasteiger partial charge in [-0.3, -0.25) is 4.79 Å². The molecule has 0 radical (unpaired) electrons. The average molecular weight is 375 g/mol. The van der Waals surface area contributed by atoms with Crippen LogP contribution in [0.5, 0.6) is 0 Å². The van der Waals surface area contributed by atoms with Gasteiger partial charge < -0.3 is 10.1 Å². The summed E-state index contributed by atoms with van der Waals surface area (Å²) in [5.74, 6) is -0.802. The number of methoxy groups -OCH3 is 1. The lowest BCUT2D eigenvalue weighted by atomic mass is 10.2. The Kier molecular flexibility index (Phi) is 4.80. The summed E-state index contributed by atoms with van der Waals surface area (Å²) < 4.78 is 5.49. The lowest BCUT2D eigenvalue weighted by Crippen LogP contribution is -2.11. The zero-order chi connectivity index (χ0) is 14.7. The summed E-state index contributed by atoms with van der Waals surface area (Å²) in [6.07, 6.45) is 0. The molecule has 0 saturated carbocycles. The highest BCUT2D eigenvalue weighted by Crippen LogP contribution is 2.25. The minimum atomic E-state index is -0.551. The Morgan fingerprint density at radius 2 is 2.05 bits per heavy atom. The van der Waals surface area contributed by atoms with Crippen LogP contribution in [0.2, 0.25) is 5.02 Å². The van der Waals surface area contributed by atoms with E-state index in [9.17, 15) is 9.59 Å². The number of anilines is 1. The highest BCUT2D eigenvalue weighted by atomic mass is 79.9. The molecule has 7 heteroatoms. The Balaban J connectivity index is 2.22. The predicted octanol–water partition coefficient (Wildman–Crippen LogP) is 4.20. The highest BCUT2D eigenvalue weighted by molar-refractivity contribution is 9.11. The maximum absolute atomic E-state index is 12.0. The Morgan fingerprint density at radius 1 is 1.30 bits per heavy atom. The molecule has 1 amide bonds. The number of hydrogen-bond acceptors (Lipinski definition) is 4. The third kappa shape index (κ3) is 3.39. The van der Waals surface area contributed by atoms with Gasteiger partial charge in [-0.1, -0.05) is 11.6 Å². The fourth-order valence-corrected chi connectivity index (χ4v) is 2.97. The molecule has 4 nitrogen and oxygen atoms in total. The summed E-state index contributed by atoms with van der Waals surface area (Å²) in [5, 5.41) is 2.97. The van der Waals surface area contributed by atoms with Crippen LogP contribution >= 0.6 is 38.9 Å². The standard InChI is InChI=1S/C13H9BrClNO3S/c1-19-13(18)8-6-7(2-3-9(8)15)16-12(17)10-4-5-11(14)20-10/h2-6H,1H3,(H,16,17). The lowest BCUT2D eigenvalue weighted by Gasteiger charge is -2.07. The van der Waals surface area contributed by atoms with Gasteiger partial charge in [0.1, 0.15) is 0 Å². The van der Waals surface area contributed by atoms with E-state index in [2.05, 4.69) is 26.0 Å². The lowest BCUT2D eigenvalue weighted by molar-refractivity contribution is 0.0600. The van der Waals surface area contributed by atoms with Crippen molar-refractivity contribution in [3.05, 3.63) is 49.6 Å². The first-order valence-electron chi connectivity index (χ1n) is 5.46. The summed E-state index contributed by atoms with van der Waals surface area (Å²) in [4.78, 5) is 24.1. The second kappa shape index (κ2) is 6.39. The minimum absolute atomic E-state index is 0.208. The number of rotatable bonds is 3. The van der Waals surface area contributed by atoms with Gasteiger partial charge in [-0.15, -0.1) is 11.3 Å². The van der Waals surface area contributed by atoms with E-state index >= 15 is 0 Å². The van der Waals surface area contributed by atoms with Crippen LogP contribution in [0.4, 0.5) is 5.69 Å². The number of hydrogen-bond donors (Lipinski definition) is 1. The van der Waals surface area contributed by atoms with Gasteiger partial charge in [0.2, 0.25) is 0 Å². The molecule has 0 aliphatic rings. The van der Waals surface area contributed by atoms with E-state index in [0.717, 1.165) is 3.79 Å². The van der Waals surface area contributed by atoms with Crippen LogP contribution in [0.1, 0.15) is 20.0 Å². The van der Waals surface area contributed by atoms with Gasteiger partial charge in [0.05, 0.1) is 26.4 Å². The number of benzene rings is 1. The van der Waals surface area contributed by atoms with Crippen LogP contribution in [0.15, 0.2) is 34.1 Å². The van der Waals surface area contributed by atoms with E-state index < -0.39 is 5.97 Å². The van der Waals surface area contributed by atoms with Crippen molar-refractivity contribution in [2.75, 3.05) is 12.4 Å². The van der Waals surface area contributed by atoms with Gasteiger partial charge in [0, 0.05) is 5.69 Å². The first-order chi connectivity index (χ1) is 9.51. The fraction of sp³-hybridized carbons (Fsp3) is 0.0769. The molecule has 0 bridgehead atoms. The first kappa shape index (κ1) is 15.0. The van der Waals surface area contributed by atoms with Gasteiger partial charge in [0.25, 0.3) is 5.91 Å². The van der Waals surface area contributed by atoms with Crippen LogP contribution in [0, 0.1) is 0 Å². The molecule has 1 aromatic carbocycles. The number of ether oxygens (including phenoxy) is 1. The van der Waals surface area contributed by atoms with Crippen molar-refractivity contribution in [3.8, 4) is 0 Å². The van der Waals surface area contributed by atoms with Crippen LogP contribution in [0.3, 0.4) is 0 Å². The zero-order valence-corrected chi connectivity index (χ0v) is 13.4. The van der Waals surface area contributed by atoms with E-state index in [-0.39, 0.29) is 16.5 Å². The SMILES string of the molecule is COC(=O)c1cc(NC(=O)c2ccc(Br)s2)ccc1Cl. The molecular weight excluding hydrogens is 366 g/mol. The van der Waals surface area contributed by atoms with Crippen molar-refractivity contribution in [1.29, 1.82) is 0 Å². The molecule has 0 fully saturated rings. The van der Waals surface area contributed by atoms with Gasteiger partial charge in [-0.25, -0.2) is 4.79 Å². The average Bonchev–Trinajstić information content (AvgIpc) is 2.87. The molecule has 1 heterocycles. The van der Waals surface area contributed by atoms with E-state index in [0.29, 0.717) is 10.6 Å². The molecule has 1 N–H and O–H groups in total. The van der Waals surface area contributed by atoms with Gasteiger partial charge in [0.15, 0.2) is 0 Å². The Hall–Kier alpha value is -1.37. The van der Waals surface area contributed by atoms with Crippen molar-refractivity contribution in [2.24, 2.45) is 0 Å². The molecular formula is C13H9BrClNO3S. The molecule has 0 atom stereocenters. The number of halogens is 2. The maximum atomic E-state index is 12.0. The number of thiophene rings is 1. The minimum Gasteiger partial charge on any atom is -0.465 e. The van der Waals surface area contributed by atoms with Gasteiger partial charge >= 0.3 is 5.97 Å². The number of amides is 1. The summed E-state index contributed by atoms with van der Waals surface area (Å²) >= 11 is 10.5. The fourth-order valence-electron chi connectivity index (χ4n) is 1.50. The van der Waals surface area contributed by atoms with E-state index in [1.54, 1.807) is 18.2 Å².